The van der Waals surface area contributed by atoms with Gasteiger partial charge in [0.25, 0.3) is 0 Å². The first-order valence-electron chi connectivity index (χ1n) is 8.68. The molecule has 7 nitrogen and oxygen atoms in total. The molecule has 0 saturated heterocycles. The van der Waals surface area contributed by atoms with Crippen molar-refractivity contribution in [3.05, 3.63) is 42.0 Å². The zero-order chi connectivity index (χ0) is 18.7. The van der Waals surface area contributed by atoms with Crippen LogP contribution in [-0.4, -0.2) is 47.0 Å². The summed E-state index contributed by atoms with van der Waals surface area (Å²) in [5.74, 6) is 1.01. The van der Waals surface area contributed by atoms with Crippen LogP contribution in [0, 0.1) is 0 Å². The number of nitrogens with zero attached hydrogens (tertiary/aromatic N) is 3. The van der Waals surface area contributed by atoms with Crippen molar-refractivity contribution >= 4 is 17.5 Å². The normalized spacial score (nSPS) is 16.0. The van der Waals surface area contributed by atoms with Gasteiger partial charge < -0.3 is 19.5 Å². The van der Waals surface area contributed by atoms with Crippen molar-refractivity contribution in [2.45, 2.75) is 25.2 Å². The second-order valence-electron chi connectivity index (χ2n) is 6.58. The van der Waals surface area contributed by atoms with Crippen molar-refractivity contribution in [3.63, 3.8) is 0 Å². The Balaban J connectivity index is 1.68. The van der Waals surface area contributed by atoms with Crippen molar-refractivity contribution < 1.29 is 14.3 Å². The van der Waals surface area contributed by atoms with Crippen LogP contribution in [0.15, 0.2) is 30.6 Å². The lowest BCUT2D eigenvalue weighted by atomic mass is 9.89. The van der Waals surface area contributed by atoms with E-state index in [1.165, 1.54) is 0 Å². The molecule has 1 aromatic heterocycles. The van der Waals surface area contributed by atoms with Gasteiger partial charge in [0, 0.05) is 51.6 Å². The molecule has 0 aliphatic carbocycles. The quantitative estimate of drug-likeness (QED) is 0.858. The Bertz CT molecular complexity index is 815. The van der Waals surface area contributed by atoms with Crippen LogP contribution in [-0.2, 0) is 23.1 Å². The van der Waals surface area contributed by atoms with E-state index in [4.69, 9.17) is 4.74 Å². The average molecular weight is 356 g/mol. The molecule has 2 heterocycles. The van der Waals surface area contributed by atoms with Gasteiger partial charge in [-0.05, 0) is 30.2 Å². The van der Waals surface area contributed by atoms with Gasteiger partial charge in [0.2, 0.25) is 11.8 Å². The van der Waals surface area contributed by atoms with Crippen molar-refractivity contribution in [1.29, 1.82) is 0 Å². The number of hydrogen-bond donors (Lipinski definition) is 1. The van der Waals surface area contributed by atoms with Gasteiger partial charge in [0.05, 0.1) is 13.0 Å². The number of fused-ring (bicyclic) bond motifs is 1. The van der Waals surface area contributed by atoms with Crippen LogP contribution < -0.4 is 10.1 Å². The lowest BCUT2D eigenvalue weighted by Gasteiger charge is -2.29. The SMILES string of the molecule is COc1ccc2c(c1)[C@@H](C(=O)N(C)CCCc1nccn1C)CC(=O)N2. The van der Waals surface area contributed by atoms with E-state index in [0.29, 0.717) is 18.0 Å². The largest absolute Gasteiger partial charge is 0.497 e. The summed E-state index contributed by atoms with van der Waals surface area (Å²) in [5.41, 5.74) is 1.49. The number of aryl methyl sites for hydroxylation is 2. The predicted octanol–water partition coefficient (Wildman–Crippen LogP) is 1.95. The summed E-state index contributed by atoms with van der Waals surface area (Å²) in [7, 11) is 5.33. The second-order valence-corrected chi connectivity index (χ2v) is 6.58. The highest BCUT2D eigenvalue weighted by Gasteiger charge is 2.32. The van der Waals surface area contributed by atoms with Crippen LogP contribution in [0.1, 0.15) is 30.1 Å². The lowest BCUT2D eigenvalue weighted by molar-refractivity contribution is -0.133. The maximum absolute atomic E-state index is 12.9. The first kappa shape index (κ1) is 18.0. The summed E-state index contributed by atoms with van der Waals surface area (Å²) in [5, 5.41) is 2.83. The van der Waals surface area contributed by atoms with Gasteiger partial charge >= 0.3 is 0 Å². The molecule has 2 amide bonds. The van der Waals surface area contributed by atoms with Gasteiger partial charge in [0.1, 0.15) is 11.6 Å². The fraction of sp³-hybridized carbons (Fsp3) is 0.421. The highest BCUT2D eigenvalue weighted by Crippen LogP contribution is 2.35. The lowest BCUT2D eigenvalue weighted by Crippen LogP contribution is -2.37. The molecule has 7 heteroatoms. The Morgan fingerprint density at radius 3 is 2.96 bits per heavy atom. The number of nitrogens with one attached hydrogen (secondary N) is 1. The van der Waals surface area contributed by atoms with Crippen molar-refractivity contribution in [2.24, 2.45) is 7.05 Å². The summed E-state index contributed by atoms with van der Waals surface area (Å²) >= 11 is 0. The van der Waals surface area contributed by atoms with E-state index in [0.717, 1.165) is 24.2 Å². The Labute approximate surface area is 153 Å². The fourth-order valence-corrected chi connectivity index (χ4v) is 3.27. The van der Waals surface area contributed by atoms with E-state index < -0.39 is 5.92 Å². The molecule has 138 valence electrons. The molecule has 0 fully saturated rings. The first-order valence-corrected chi connectivity index (χ1v) is 8.68. The number of benzene rings is 1. The highest BCUT2D eigenvalue weighted by atomic mass is 16.5. The topological polar surface area (TPSA) is 76.5 Å². The smallest absolute Gasteiger partial charge is 0.230 e. The number of amides is 2. The summed E-state index contributed by atoms with van der Waals surface area (Å²) in [6, 6.07) is 5.40. The minimum atomic E-state index is -0.480. The number of imidazole rings is 1. The van der Waals surface area contributed by atoms with Crippen LogP contribution in [0.5, 0.6) is 5.75 Å². The van der Waals surface area contributed by atoms with E-state index in [1.54, 1.807) is 37.4 Å². The van der Waals surface area contributed by atoms with Crippen molar-refractivity contribution in [1.82, 2.24) is 14.5 Å². The third-order valence-electron chi connectivity index (χ3n) is 4.79. The molecule has 1 atom stereocenters. The number of likely N-dealkylation sites (N-methyl/N-ethyl adjacent to an activating group) is 1. The summed E-state index contributed by atoms with van der Waals surface area (Å²) in [4.78, 5) is 31.0. The molecule has 0 bridgehead atoms. The molecule has 1 N–H and O–H groups in total. The molecule has 0 saturated carbocycles. The van der Waals surface area contributed by atoms with Crippen LogP contribution in [0.3, 0.4) is 0 Å². The van der Waals surface area contributed by atoms with Crippen molar-refractivity contribution in [3.8, 4) is 5.75 Å². The maximum atomic E-state index is 12.9. The zero-order valence-corrected chi connectivity index (χ0v) is 15.4. The van der Waals surface area contributed by atoms with Crippen LogP contribution in [0.4, 0.5) is 5.69 Å². The number of rotatable bonds is 6. The van der Waals surface area contributed by atoms with E-state index >= 15 is 0 Å². The molecule has 0 unspecified atom stereocenters. The third-order valence-corrected chi connectivity index (χ3v) is 4.79. The molecule has 0 spiro atoms. The van der Waals surface area contributed by atoms with Gasteiger partial charge in [-0.25, -0.2) is 4.98 Å². The average Bonchev–Trinajstić information content (AvgIpc) is 3.04. The van der Waals surface area contributed by atoms with Gasteiger partial charge in [-0.3, -0.25) is 9.59 Å². The van der Waals surface area contributed by atoms with Gasteiger partial charge in [0.15, 0.2) is 0 Å². The summed E-state index contributed by atoms with van der Waals surface area (Å²) < 4.78 is 7.25. The second kappa shape index (κ2) is 7.59. The van der Waals surface area contributed by atoms with E-state index in [-0.39, 0.29) is 18.2 Å². The predicted molar refractivity (Wildman–Crippen MR) is 98.1 cm³/mol. The van der Waals surface area contributed by atoms with E-state index in [9.17, 15) is 9.59 Å². The Morgan fingerprint density at radius 1 is 1.46 bits per heavy atom. The molecule has 1 aliphatic heterocycles. The summed E-state index contributed by atoms with van der Waals surface area (Å²) in [6.07, 6.45) is 5.46. The van der Waals surface area contributed by atoms with Crippen LogP contribution in [0.2, 0.25) is 0 Å². The molecule has 1 aromatic carbocycles. The number of methoxy groups -OCH3 is 1. The van der Waals surface area contributed by atoms with Gasteiger partial charge in [-0.2, -0.15) is 0 Å². The number of carbonyl (C=O) groups excluding carboxylic acids is 2. The molecule has 1 aliphatic rings. The minimum absolute atomic E-state index is 0.0470. The Morgan fingerprint density at radius 2 is 2.27 bits per heavy atom. The number of carbonyl (C=O) groups is 2. The van der Waals surface area contributed by atoms with Crippen LogP contribution in [0.25, 0.3) is 0 Å². The van der Waals surface area contributed by atoms with E-state index in [2.05, 4.69) is 10.3 Å². The minimum Gasteiger partial charge on any atom is -0.497 e. The number of ether oxygens (including phenoxy) is 1. The molecule has 3 rings (SSSR count). The number of hydrogen-bond acceptors (Lipinski definition) is 4. The monoisotopic (exact) mass is 356 g/mol. The summed E-state index contributed by atoms with van der Waals surface area (Å²) in [6.45, 7) is 0.614. The Hall–Kier alpha value is -2.83. The highest BCUT2D eigenvalue weighted by molar-refractivity contribution is 6.01. The van der Waals surface area contributed by atoms with Gasteiger partial charge in [-0.1, -0.05) is 0 Å². The van der Waals surface area contributed by atoms with Gasteiger partial charge in [-0.15, -0.1) is 0 Å². The standard InChI is InChI=1S/C19H24N4O3/c1-22-10-8-20-17(22)5-4-9-23(2)19(25)15-12-18(24)21-16-7-6-13(26-3)11-14(15)16/h6-8,10-11,15H,4-5,9,12H2,1-3H3,(H,21,24)/t15-/m0/s1. The van der Waals surface area contributed by atoms with E-state index in [1.807, 2.05) is 23.9 Å². The molecular formula is C19H24N4O3. The van der Waals surface area contributed by atoms with Crippen LogP contribution >= 0.6 is 0 Å². The first-order chi connectivity index (χ1) is 12.5. The number of anilines is 1. The molecule has 26 heavy (non-hydrogen) atoms. The third kappa shape index (κ3) is 3.71. The molecule has 0 radical (unpaired) electrons. The zero-order valence-electron chi connectivity index (χ0n) is 15.4. The maximum Gasteiger partial charge on any atom is 0.230 e. The molecular weight excluding hydrogens is 332 g/mol. The number of aromatic nitrogens is 2. The van der Waals surface area contributed by atoms with Crippen molar-refractivity contribution in [2.75, 3.05) is 26.0 Å². The fourth-order valence-electron chi connectivity index (χ4n) is 3.27. The molecule has 2 aromatic rings. The Kier molecular flexibility index (Phi) is 5.25.